The van der Waals surface area contributed by atoms with Crippen molar-refractivity contribution in [3.63, 3.8) is 0 Å². The van der Waals surface area contributed by atoms with E-state index in [0.717, 1.165) is 10.6 Å². The summed E-state index contributed by atoms with van der Waals surface area (Å²) in [5.74, 6) is -8.27. The molecule has 16 heteroatoms. The Hall–Kier alpha value is -3.69. The molecule has 0 saturated heterocycles. The molecule has 2 rings (SSSR count). The summed E-state index contributed by atoms with van der Waals surface area (Å²) in [6.45, 7) is 1.51. The molecule has 10 nitrogen and oxygen atoms in total. The molecule has 2 aromatic rings. The number of nitrogens with one attached hydrogen (secondary N) is 2. The zero-order valence-corrected chi connectivity index (χ0v) is 16.1. The van der Waals surface area contributed by atoms with Crippen LogP contribution in [0.5, 0.6) is 11.5 Å². The number of nitrogens with zero attached hydrogens (tertiary/aromatic N) is 3. The normalized spacial score (nSPS) is 11.8. The van der Waals surface area contributed by atoms with Crippen LogP contribution in [0.25, 0.3) is 11.4 Å². The molecule has 32 heavy (non-hydrogen) atoms. The molecule has 0 unspecified atom stereocenters. The van der Waals surface area contributed by atoms with Gasteiger partial charge in [0.05, 0.1) is 0 Å². The second-order valence-electron chi connectivity index (χ2n) is 5.71. The van der Waals surface area contributed by atoms with Gasteiger partial charge < -0.3 is 9.47 Å². The first-order valence-electron chi connectivity index (χ1n) is 8.42. The summed E-state index contributed by atoms with van der Waals surface area (Å²) in [6, 6.07) is 2.29. The van der Waals surface area contributed by atoms with Crippen molar-refractivity contribution in [3.8, 4) is 22.9 Å². The number of ether oxygens (including phenoxy) is 2. The smallest absolute Gasteiger partial charge is 0.416 e. The van der Waals surface area contributed by atoms with E-state index in [1.54, 1.807) is 0 Å². The van der Waals surface area contributed by atoms with Gasteiger partial charge in [0, 0.05) is 19.2 Å². The molecular weight excluding hydrogens is 456 g/mol. The van der Waals surface area contributed by atoms with Crippen LogP contribution in [-0.4, -0.2) is 45.9 Å². The maximum atomic E-state index is 12.6. The molecule has 1 heterocycles. The number of benzene rings is 1. The summed E-state index contributed by atoms with van der Waals surface area (Å²) in [6.07, 6.45) is -11.0. The van der Waals surface area contributed by atoms with Crippen LogP contribution in [-0.2, 0) is 16.1 Å². The predicted octanol–water partition coefficient (Wildman–Crippen LogP) is 1.81. The van der Waals surface area contributed by atoms with Gasteiger partial charge in [0.2, 0.25) is 5.95 Å². The largest absolute Gasteiger partial charge is 0.491 e. The Morgan fingerprint density at radius 3 is 2.06 bits per heavy atom. The van der Waals surface area contributed by atoms with Crippen molar-refractivity contribution in [1.82, 2.24) is 20.0 Å². The highest BCUT2D eigenvalue weighted by Gasteiger charge is 2.44. The van der Waals surface area contributed by atoms with Gasteiger partial charge in [0.1, 0.15) is 5.82 Å². The molecule has 0 aliphatic carbocycles. The van der Waals surface area contributed by atoms with Crippen molar-refractivity contribution in [2.75, 3.05) is 12.5 Å². The number of carbonyl (C=O) groups is 2. The van der Waals surface area contributed by atoms with Gasteiger partial charge in [-0.25, -0.2) is 19.8 Å². The highest BCUT2D eigenvalue weighted by Crippen LogP contribution is 2.35. The van der Waals surface area contributed by atoms with Crippen molar-refractivity contribution in [1.29, 1.82) is 0 Å². The van der Waals surface area contributed by atoms with E-state index in [-0.39, 0.29) is 23.9 Å². The fourth-order valence-electron chi connectivity index (χ4n) is 2.23. The predicted molar refractivity (Wildman–Crippen MR) is 93.5 cm³/mol. The van der Waals surface area contributed by atoms with Crippen LogP contribution in [0.2, 0.25) is 0 Å². The molecule has 0 fully saturated rings. The molecule has 174 valence electrons. The van der Waals surface area contributed by atoms with E-state index in [9.17, 15) is 40.7 Å². The van der Waals surface area contributed by atoms with Crippen LogP contribution < -0.4 is 26.0 Å². The number of alkyl halides is 6. The Morgan fingerprint density at radius 1 is 1.00 bits per heavy atom. The van der Waals surface area contributed by atoms with E-state index in [0.29, 0.717) is 12.1 Å². The molecule has 1 aromatic heterocycles. The fraction of sp³-hybridized carbons (Fsp3) is 0.312. The zero-order valence-electron chi connectivity index (χ0n) is 16.1. The molecule has 0 aliphatic rings. The molecule has 0 amide bonds. The number of rotatable bonds is 6. The summed E-state index contributed by atoms with van der Waals surface area (Å²) in [7, 11) is 1.42. The van der Waals surface area contributed by atoms with Crippen molar-refractivity contribution in [2.24, 2.45) is 0 Å². The highest BCUT2D eigenvalue weighted by molar-refractivity contribution is 5.82. The monoisotopic (exact) mass is 469 g/mol. The van der Waals surface area contributed by atoms with E-state index in [4.69, 9.17) is 0 Å². The lowest BCUT2D eigenvalue weighted by Gasteiger charge is -2.15. The minimum atomic E-state index is -5.51. The number of carbonyl (C=O) groups excluding carboxylic acids is 2. The Bertz CT molecular complexity index is 1080. The summed E-state index contributed by atoms with van der Waals surface area (Å²) < 4.78 is 84.4. The van der Waals surface area contributed by atoms with Crippen LogP contribution in [0.4, 0.5) is 32.3 Å². The van der Waals surface area contributed by atoms with Crippen molar-refractivity contribution >= 4 is 17.9 Å². The fourth-order valence-corrected chi connectivity index (χ4v) is 2.23. The van der Waals surface area contributed by atoms with Gasteiger partial charge >= 0.3 is 30.0 Å². The minimum absolute atomic E-state index is 0.00349. The molecular formula is C16H13F6N5O5. The van der Waals surface area contributed by atoms with Gasteiger partial charge in [-0.15, -0.1) is 0 Å². The van der Waals surface area contributed by atoms with Crippen molar-refractivity contribution in [2.45, 2.75) is 25.8 Å². The van der Waals surface area contributed by atoms with Gasteiger partial charge in [0.25, 0.3) is 0 Å². The second kappa shape index (κ2) is 9.21. The lowest BCUT2D eigenvalue weighted by Crippen LogP contribution is -2.30. The molecule has 0 atom stereocenters. The molecule has 0 spiro atoms. The number of hydrogen-bond acceptors (Lipinski definition) is 9. The van der Waals surface area contributed by atoms with Gasteiger partial charge in [-0.2, -0.15) is 36.3 Å². The second-order valence-corrected chi connectivity index (χ2v) is 5.71. The van der Waals surface area contributed by atoms with Gasteiger partial charge in [-0.05, 0) is 25.1 Å². The molecule has 0 saturated carbocycles. The van der Waals surface area contributed by atoms with E-state index >= 15 is 0 Å². The van der Waals surface area contributed by atoms with Crippen LogP contribution in [0.15, 0.2) is 23.0 Å². The van der Waals surface area contributed by atoms with Gasteiger partial charge in [-0.3, -0.25) is 9.99 Å². The van der Waals surface area contributed by atoms with Crippen molar-refractivity contribution < 1.29 is 45.4 Å². The van der Waals surface area contributed by atoms with Crippen LogP contribution in [0.1, 0.15) is 6.92 Å². The van der Waals surface area contributed by atoms with Crippen molar-refractivity contribution in [3.05, 3.63) is 28.7 Å². The zero-order chi connectivity index (χ0) is 24.3. The van der Waals surface area contributed by atoms with E-state index in [2.05, 4.69) is 30.3 Å². The highest BCUT2D eigenvalue weighted by atomic mass is 19.4. The number of esters is 2. The summed E-state index contributed by atoms with van der Waals surface area (Å²) >= 11 is 0. The third-order valence-corrected chi connectivity index (χ3v) is 3.52. The quantitative estimate of drug-likeness (QED) is 0.282. The summed E-state index contributed by atoms with van der Waals surface area (Å²) in [5.41, 5.74) is 3.87. The molecule has 0 radical (unpaired) electrons. The Kier molecular flexibility index (Phi) is 7.07. The lowest BCUT2D eigenvalue weighted by molar-refractivity contribution is -0.191. The van der Waals surface area contributed by atoms with Gasteiger partial charge in [-0.1, -0.05) is 0 Å². The van der Waals surface area contributed by atoms with Crippen LogP contribution in [0, 0.1) is 0 Å². The Balaban J connectivity index is 2.64. The topological polar surface area (TPSA) is 124 Å². The first kappa shape index (κ1) is 24.6. The Labute approximate surface area is 174 Å². The third kappa shape index (κ3) is 5.71. The SMILES string of the molecule is CCn1c(-c2ccc(OC(=O)C(F)(F)F)c(OC(=O)C(F)(F)F)c2)nc(NNC)nc1=O. The Morgan fingerprint density at radius 2 is 1.56 bits per heavy atom. The molecule has 0 aliphatic heterocycles. The minimum Gasteiger partial charge on any atom is -0.416 e. The van der Waals surface area contributed by atoms with E-state index in [1.165, 1.54) is 14.0 Å². The van der Waals surface area contributed by atoms with Crippen LogP contribution in [0.3, 0.4) is 0 Å². The number of anilines is 1. The maximum absolute atomic E-state index is 12.6. The molecule has 1 aromatic carbocycles. The number of aromatic nitrogens is 3. The van der Waals surface area contributed by atoms with E-state index < -0.39 is 41.5 Å². The standard InChI is InChI=1S/C16H13F6N5O5/c1-3-27-10(24-13(26-23-2)25-14(27)30)7-4-5-8(31-11(28)15(17,18)19)9(6-7)32-12(29)16(20,21)22/h4-6,23H,3H2,1-2H3,(H,25,26,30). The van der Waals surface area contributed by atoms with E-state index in [1.807, 2.05) is 0 Å². The molecule has 2 N–H and O–H groups in total. The lowest BCUT2D eigenvalue weighted by atomic mass is 10.2. The summed E-state index contributed by atoms with van der Waals surface area (Å²) in [5, 5.41) is 0. The number of hydrazine groups is 1. The maximum Gasteiger partial charge on any atom is 0.491 e. The number of halogens is 6. The first-order chi connectivity index (χ1) is 14.8. The summed E-state index contributed by atoms with van der Waals surface area (Å²) in [4.78, 5) is 42.1. The average Bonchev–Trinajstić information content (AvgIpc) is 2.67. The first-order valence-corrected chi connectivity index (χ1v) is 8.42. The van der Waals surface area contributed by atoms with Gasteiger partial charge in [0.15, 0.2) is 11.5 Å². The average molecular weight is 469 g/mol. The van der Waals surface area contributed by atoms with Crippen LogP contribution >= 0.6 is 0 Å². The molecule has 0 bridgehead atoms. The number of hydrogen-bond donors (Lipinski definition) is 2. The third-order valence-electron chi connectivity index (χ3n) is 3.52.